The zero-order valence-corrected chi connectivity index (χ0v) is 24.1. The summed E-state index contributed by atoms with van der Waals surface area (Å²) in [6.07, 6.45) is 0. The maximum Gasteiger partial charge on any atom is 3.00 e. The van der Waals surface area contributed by atoms with Gasteiger partial charge in [0.2, 0.25) is 16.7 Å². The molecule has 0 amide bonds. The van der Waals surface area contributed by atoms with Gasteiger partial charge >= 0.3 is 49.4 Å². The number of hydrogen-bond donors (Lipinski definition) is 3. The van der Waals surface area contributed by atoms with Gasteiger partial charge < -0.3 is 44.7 Å². The molecule has 0 fully saturated rings. The number of aromatic carboxylic acids is 3. The van der Waals surface area contributed by atoms with Crippen LogP contribution in [0.5, 0.6) is 0 Å². The molecule has 0 atom stereocenters. The molecule has 6 rings (SSSR count). The second-order valence-electron chi connectivity index (χ2n) is 8.64. The van der Waals surface area contributed by atoms with Crippen LogP contribution in [-0.4, -0.2) is 32.9 Å². The zero-order chi connectivity index (χ0) is 30.4. The van der Waals surface area contributed by atoms with Crippen molar-refractivity contribution in [3.05, 3.63) is 139 Å². The summed E-state index contributed by atoms with van der Waals surface area (Å²) in [6, 6.07) is 23.1. The first kappa shape index (κ1) is 32.8. The topological polar surface area (TPSA) is 219 Å². The van der Waals surface area contributed by atoms with E-state index in [0.717, 1.165) is 18.2 Å². The Morgan fingerprint density at radius 1 is 0.442 bits per heavy atom. The molecule has 13 heteroatoms. The minimum atomic E-state index is -1.34. The van der Waals surface area contributed by atoms with E-state index >= 15 is 0 Å². The number of carboxylic acid groups (broad SMARTS) is 3. The van der Waals surface area contributed by atoms with E-state index in [2.05, 4.69) is 15.0 Å². The molecule has 0 radical (unpaired) electrons. The van der Waals surface area contributed by atoms with Gasteiger partial charge in [-0.15, -0.1) is 0 Å². The molecule has 0 saturated heterocycles. The van der Waals surface area contributed by atoms with Crippen LogP contribution in [0, 0.1) is 49.4 Å². The average molecular weight is 716 g/mol. The number of H-pyrrole nitrogens is 3. The van der Waals surface area contributed by atoms with Crippen molar-refractivity contribution in [1.29, 1.82) is 0 Å². The SMILES string of the molecule is O=C([O-])c1cc(=O)[nH]c2ccccc12.O=C([O-])c1cc(=O)[nH]c2ccccc12.O=C([O-])c1cc(=O)[nH]c2ccccc12.[Eu+3]. The van der Waals surface area contributed by atoms with Crippen molar-refractivity contribution < 1.29 is 79.1 Å². The number of pyridine rings is 3. The second-order valence-corrected chi connectivity index (χ2v) is 8.64. The number of para-hydroxylation sites is 3. The van der Waals surface area contributed by atoms with E-state index in [1.807, 2.05) is 0 Å². The zero-order valence-electron chi connectivity index (χ0n) is 21.7. The van der Waals surface area contributed by atoms with E-state index < -0.39 is 34.6 Å². The molecule has 0 aliphatic heterocycles. The van der Waals surface area contributed by atoms with E-state index in [9.17, 15) is 44.1 Å². The number of nitrogens with one attached hydrogen (secondary N) is 3. The molecule has 0 spiro atoms. The molecule has 0 unspecified atom stereocenters. The molecule has 214 valence electrons. The number of fused-ring (bicyclic) bond motifs is 3. The summed E-state index contributed by atoms with van der Waals surface area (Å²) >= 11 is 0. The Morgan fingerprint density at radius 3 is 0.907 bits per heavy atom. The minimum Gasteiger partial charge on any atom is -0.545 e. The van der Waals surface area contributed by atoms with Crippen molar-refractivity contribution in [1.82, 2.24) is 15.0 Å². The summed E-state index contributed by atoms with van der Waals surface area (Å²) in [6.45, 7) is 0. The van der Waals surface area contributed by atoms with Crippen molar-refractivity contribution in [2.75, 3.05) is 0 Å². The Hall–Kier alpha value is -4.72. The van der Waals surface area contributed by atoms with Gasteiger partial charge in [0.25, 0.3) is 0 Å². The first-order valence-corrected chi connectivity index (χ1v) is 12.1. The Morgan fingerprint density at radius 2 is 0.674 bits per heavy atom. The predicted molar refractivity (Wildman–Crippen MR) is 147 cm³/mol. The number of carbonyl (C=O) groups is 3. The van der Waals surface area contributed by atoms with Crippen LogP contribution in [-0.2, 0) is 0 Å². The normalized spacial score (nSPS) is 10.0. The predicted octanol–water partition coefficient (Wildman–Crippen LogP) is -0.325. The minimum absolute atomic E-state index is 0. The smallest absolute Gasteiger partial charge is 0.545 e. The van der Waals surface area contributed by atoms with E-state index in [1.165, 1.54) is 0 Å². The second kappa shape index (κ2) is 14.4. The molecule has 0 aliphatic rings. The number of benzene rings is 3. The van der Waals surface area contributed by atoms with Crippen molar-refractivity contribution >= 4 is 50.6 Å². The Bertz CT molecular complexity index is 1920. The van der Waals surface area contributed by atoms with Crippen molar-refractivity contribution in [2.24, 2.45) is 0 Å². The number of carboxylic acids is 3. The van der Waals surface area contributed by atoms with Crippen LogP contribution in [0.25, 0.3) is 32.7 Å². The Balaban J connectivity index is 0.000000175. The maximum absolute atomic E-state index is 11.1. The average Bonchev–Trinajstić information content (AvgIpc) is 2.96. The molecule has 6 aromatic rings. The van der Waals surface area contributed by atoms with Gasteiger partial charge in [0.15, 0.2) is 0 Å². The van der Waals surface area contributed by atoms with Crippen LogP contribution in [0.3, 0.4) is 0 Å². The number of aromatic amines is 3. The van der Waals surface area contributed by atoms with Crippen LogP contribution in [0.4, 0.5) is 0 Å². The quantitative estimate of drug-likeness (QED) is 0.218. The number of carbonyl (C=O) groups excluding carboxylic acids is 3. The standard InChI is InChI=1S/3C10H7NO3.Eu/c3*12-9-5-7(10(13)14)6-3-1-2-4-8(6)11-9;/h3*1-5H,(H,11,12)(H,13,14);/q;;;+3/p-3. The molecule has 0 aliphatic carbocycles. The summed E-state index contributed by atoms with van der Waals surface area (Å²) in [5, 5.41) is 33.5. The van der Waals surface area contributed by atoms with Crippen molar-refractivity contribution in [2.45, 2.75) is 0 Å². The van der Waals surface area contributed by atoms with E-state index in [4.69, 9.17) is 0 Å². The van der Waals surface area contributed by atoms with Gasteiger partial charge in [-0.1, -0.05) is 54.6 Å². The van der Waals surface area contributed by atoms with Gasteiger partial charge in [-0.3, -0.25) is 14.4 Å². The van der Waals surface area contributed by atoms with Crippen LogP contribution in [0.1, 0.15) is 31.1 Å². The van der Waals surface area contributed by atoms with E-state index in [-0.39, 0.29) is 66.1 Å². The fraction of sp³-hybridized carbons (Fsp3) is 0. The third-order valence-corrected chi connectivity index (χ3v) is 5.91. The molecular weight excluding hydrogens is 698 g/mol. The molecule has 3 heterocycles. The monoisotopic (exact) mass is 717 g/mol. The van der Waals surface area contributed by atoms with Crippen LogP contribution in [0.15, 0.2) is 105 Å². The third-order valence-electron chi connectivity index (χ3n) is 5.91. The van der Waals surface area contributed by atoms with Gasteiger partial charge in [-0.25, -0.2) is 0 Å². The number of aromatic nitrogens is 3. The van der Waals surface area contributed by atoms with Gasteiger partial charge in [-0.2, -0.15) is 0 Å². The van der Waals surface area contributed by atoms with Crippen molar-refractivity contribution in [3.8, 4) is 0 Å². The Kier molecular flexibility index (Phi) is 11.0. The molecule has 0 saturated carbocycles. The first-order valence-electron chi connectivity index (χ1n) is 12.1. The molecule has 3 aromatic carbocycles. The molecule has 0 bridgehead atoms. The van der Waals surface area contributed by atoms with Crippen molar-refractivity contribution in [3.63, 3.8) is 0 Å². The molecule has 43 heavy (non-hydrogen) atoms. The van der Waals surface area contributed by atoms with Crippen LogP contribution < -0.4 is 32.0 Å². The largest absolute Gasteiger partial charge is 3.00 e. The van der Waals surface area contributed by atoms with Gasteiger partial charge in [0.1, 0.15) is 0 Å². The fourth-order valence-electron chi connectivity index (χ4n) is 4.12. The first-order chi connectivity index (χ1) is 20.0. The fourth-order valence-corrected chi connectivity index (χ4v) is 4.12. The summed E-state index contributed by atoms with van der Waals surface area (Å²) < 4.78 is 0. The molecular formula is C30H18EuN3O9. The van der Waals surface area contributed by atoms with E-state index in [1.54, 1.807) is 72.8 Å². The molecule has 12 nitrogen and oxygen atoms in total. The maximum atomic E-state index is 11.1. The summed E-state index contributed by atoms with van der Waals surface area (Å²) in [7, 11) is 0. The number of rotatable bonds is 3. The summed E-state index contributed by atoms with van der Waals surface area (Å²) in [5.74, 6) is -4.02. The summed E-state index contributed by atoms with van der Waals surface area (Å²) in [5.41, 5.74) is -0.0654. The van der Waals surface area contributed by atoms with Crippen LogP contribution in [0.2, 0.25) is 0 Å². The van der Waals surface area contributed by atoms with Crippen LogP contribution >= 0.6 is 0 Å². The summed E-state index contributed by atoms with van der Waals surface area (Å²) in [4.78, 5) is 72.9. The molecule has 3 N–H and O–H groups in total. The van der Waals surface area contributed by atoms with Gasteiger partial charge in [0, 0.05) is 67.6 Å². The molecule has 3 aromatic heterocycles. The Labute approximate surface area is 281 Å². The number of hydrogen-bond acceptors (Lipinski definition) is 9. The van der Waals surface area contributed by atoms with Gasteiger partial charge in [-0.05, 0) is 18.2 Å². The van der Waals surface area contributed by atoms with Gasteiger partial charge in [0.05, 0.1) is 17.9 Å². The third kappa shape index (κ3) is 7.98. The van der Waals surface area contributed by atoms with E-state index in [0.29, 0.717) is 32.7 Å².